The molecule has 3 rings (SSSR count). The quantitative estimate of drug-likeness (QED) is 0.184. The van der Waals surface area contributed by atoms with Crippen LogP contribution in [0.5, 0.6) is 0 Å². The second-order valence-electron chi connectivity index (χ2n) is 9.21. The van der Waals surface area contributed by atoms with E-state index in [2.05, 4.69) is 14.8 Å². The van der Waals surface area contributed by atoms with Crippen molar-refractivity contribution in [3.63, 3.8) is 0 Å². The smallest absolute Gasteiger partial charge is 2.00 e. The van der Waals surface area contributed by atoms with Crippen LogP contribution in [-0.4, -0.2) is 77.8 Å². The number of rotatable bonds is 13. The molecule has 0 N–H and O–H groups in total. The molecule has 11 heteroatoms. The molecule has 2 bridgehead atoms. The van der Waals surface area contributed by atoms with E-state index in [1.165, 1.54) is 0 Å². The number of hydrogen-bond acceptors (Lipinski definition) is 7. The van der Waals surface area contributed by atoms with Gasteiger partial charge in [-0.2, -0.15) is 11.5 Å². The first-order valence-corrected chi connectivity index (χ1v) is 14.1. The normalized spacial score (nSPS) is 23.9. The zero-order valence-corrected chi connectivity index (χ0v) is 25.5. The molecular formula is C25H34Cl2N3O3S2Tc. The van der Waals surface area contributed by atoms with Crippen LogP contribution in [0, 0.1) is 5.92 Å². The number of aliphatic imine (C=N–C) groups is 1. The zero-order chi connectivity index (χ0) is 24.7. The van der Waals surface area contributed by atoms with Gasteiger partial charge in [-0.15, -0.1) is 0 Å². The van der Waals surface area contributed by atoms with Crippen LogP contribution in [-0.2, 0) is 55.6 Å². The molecule has 6 nitrogen and oxygen atoms in total. The van der Waals surface area contributed by atoms with Crippen molar-refractivity contribution in [3.8, 4) is 0 Å². The van der Waals surface area contributed by atoms with E-state index in [4.69, 9.17) is 48.5 Å². The van der Waals surface area contributed by atoms with E-state index in [0.717, 1.165) is 44.3 Å². The minimum absolute atomic E-state index is 0. The molecular weight excluding hydrogens is 623 g/mol. The summed E-state index contributed by atoms with van der Waals surface area (Å²) in [5.41, 5.74) is 1.12. The summed E-state index contributed by atoms with van der Waals surface area (Å²) in [7, 11) is 0. The van der Waals surface area contributed by atoms with Gasteiger partial charge >= 0.3 is 20.1 Å². The van der Waals surface area contributed by atoms with E-state index in [-0.39, 0.29) is 49.4 Å². The number of halogens is 2. The number of Topliss-reactive ketones (excluding diaryl/α,β-unsaturated/α-hetero) is 1. The van der Waals surface area contributed by atoms with Gasteiger partial charge in [0.1, 0.15) is 5.78 Å². The Bertz CT molecular complexity index is 868. The number of ketones is 1. The first-order valence-electron chi connectivity index (χ1n) is 12.2. The Labute approximate surface area is 250 Å². The Morgan fingerprint density at radius 1 is 1.19 bits per heavy atom. The van der Waals surface area contributed by atoms with Crippen molar-refractivity contribution < 1.29 is 35.5 Å². The van der Waals surface area contributed by atoms with E-state index >= 15 is 0 Å². The van der Waals surface area contributed by atoms with Crippen LogP contribution < -0.4 is 5.11 Å². The van der Waals surface area contributed by atoms with Crippen LogP contribution in [0.3, 0.4) is 0 Å². The molecule has 0 saturated carbocycles. The predicted molar refractivity (Wildman–Crippen MR) is 145 cm³/mol. The number of nitrogens with zero attached hydrogens (tertiary/aromatic N) is 3. The molecule has 0 amide bonds. The van der Waals surface area contributed by atoms with Crippen molar-refractivity contribution in [2.75, 3.05) is 44.2 Å². The van der Waals surface area contributed by atoms with Crippen LogP contribution in [0.1, 0.15) is 50.5 Å². The summed E-state index contributed by atoms with van der Waals surface area (Å²) < 4.78 is 0. The SMILES string of the molecule is CCC(=O)C1C(c2ccc(Cl)c(Cl)c2)CC2CCC1N2CCCN(CC[S-])CC([O-])=NCC[S-].[O-2].[Tc+5]. The molecule has 2 fully saturated rings. The van der Waals surface area contributed by atoms with Crippen molar-refractivity contribution in [2.45, 2.75) is 57.0 Å². The molecule has 1 aromatic rings. The topological polar surface area (TPSA) is 87.5 Å². The maximum atomic E-state index is 13.1. The number of benzene rings is 1. The Morgan fingerprint density at radius 3 is 2.58 bits per heavy atom. The van der Waals surface area contributed by atoms with Gasteiger partial charge in [0.05, 0.1) is 10.0 Å². The van der Waals surface area contributed by atoms with Gasteiger partial charge in [0.2, 0.25) is 0 Å². The largest absolute Gasteiger partial charge is 5.00 e. The molecule has 0 aromatic heterocycles. The first-order chi connectivity index (χ1) is 16.4. The monoisotopic (exact) mass is 655 g/mol. The minimum atomic E-state index is -0.121. The zero-order valence-electron chi connectivity index (χ0n) is 20.5. The molecule has 4 unspecified atom stereocenters. The second kappa shape index (κ2) is 17.0. The van der Waals surface area contributed by atoms with Crippen LogP contribution in [0.4, 0.5) is 0 Å². The maximum Gasteiger partial charge on any atom is 5.00 e. The number of piperidine rings is 1. The van der Waals surface area contributed by atoms with Crippen molar-refractivity contribution in [2.24, 2.45) is 10.9 Å². The van der Waals surface area contributed by atoms with Crippen molar-refractivity contribution in [3.05, 3.63) is 33.8 Å². The van der Waals surface area contributed by atoms with E-state index < -0.39 is 0 Å². The average molecular weight is 658 g/mol. The minimum Gasteiger partial charge on any atom is -2.00 e. The Morgan fingerprint density at radius 2 is 1.94 bits per heavy atom. The summed E-state index contributed by atoms with van der Waals surface area (Å²) in [6, 6.07) is 6.53. The first kappa shape index (κ1) is 34.2. The molecule has 2 aliphatic heterocycles. The van der Waals surface area contributed by atoms with Crippen LogP contribution >= 0.6 is 23.2 Å². The van der Waals surface area contributed by atoms with Gasteiger partial charge < -0.3 is 45.7 Å². The second-order valence-corrected chi connectivity index (χ2v) is 10.8. The van der Waals surface area contributed by atoms with E-state index in [9.17, 15) is 9.90 Å². The maximum absolute atomic E-state index is 13.1. The Balaban J connectivity index is 0.00000324. The summed E-state index contributed by atoms with van der Waals surface area (Å²) in [4.78, 5) is 21.8. The number of carbonyl (C=O) groups excluding carboxylic acids is 1. The van der Waals surface area contributed by atoms with Gasteiger partial charge in [-0.05, 0) is 74.8 Å². The molecule has 2 saturated heterocycles. The summed E-state index contributed by atoms with van der Waals surface area (Å²) in [5, 5.41) is 13.2. The fourth-order valence-corrected chi connectivity index (χ4v) is 6.37. The summed E-state index contributed by atoms with van der Waals surface area (Å²) >= 11 is 22.5. The van der Waals surface area contributed by atoms with Crippen molar-refractivity contribution in [1.29, 1.82) is 0 Å². The molecule has 4 atom stereocenters. The molecule has 36 heavy (non-hydrogen) atoms. The molecule has 0 radical (unpaired) electrons. The van der Waals surface area contributed by atoms with E-state index in [1.807, 2.05) is 25.1 Å². The van der Waals surface area contributed by atoms with E-state index in [0.29, 0.717) is 59.4 Å². The van der Waals surface area contributed by atoms with Crippen LogP contribution in [0.2, 0.25) is 10.0 Å². The Hall–Kier alpha value is 0.169. The number of carbonyl (C=O) groups is 1. The molecule has 0 spiro atoms. The average Bonchev–Trinajstić information content (AvgIpc) is 3.09. The Kier molecular flexibility index (Phi) is 16.1. The van der Waals surface area contributed by atoms with Gasteiger partial charge in [-0.25, -0.2) is 0 Å². The van der Waals surface area contributed by atoms with Crippen LogP contribution in [0.15, 0.2) is 23.2 Å². The van der Waals surface area contributed by atoms with Gasteiger partial charge in [-0.3, -0.25) is 9.69 Å². The standard InChI is InChI=1S/C25H37Cl2N3O2S2.O.Tc/c1-2-23(31)25-19(17-4-6-20(26)21(27)14-17)15-18-5-7-22(25)30(18)10-3-9-29(11-13-34)16-24(32)28-8-12-33;;/h4,6,14,18-19,22,25,33-34H,2-3,5,7-13,15-16H2,1H3,(H,28,32);;/q;-2;+5/p-3. The van der Waals surface area contributed by atoms with Crippen molar-refractivity contribution in [1.82, 2.24) is 9.80 Å². The molecule has 2 heterocycles. The summed E-state index contributed by atoms with van der Waals surface area (Å²) in [5.74, 6) is 1.41. The van der Waals surface area contributed by atoms with E-state index in [1.54, 1.807) is 0 Å². The van der Waals surface area contributed by atoms with Crippen molar-refractivity contribution >= 4 is 60.1 Å². The molecule has 0 aliphatic carbocycles. The third kappa shape index (κ3) is 8.85. The number of hydrogen-bond donors (Lipinski definition) is 0. The third-order valence-electron chi connectivity index (χ3n) is 7.19. The third-order valence-corrected chi connectivity index (χ3v) is 8.30. The van der Waals surface area contributed by atoms with Gasteiger partial charge in [0.15, 0.2) is 0 Å². The summed E-state index contributed by atoms with van der Waals surface area (Å²) in [6.07, 6.45) is 4.60. The number of fused-ring (bicyclic) bond motifs is 2. The fourth-order valence-electron chi connectivity index (χ4n) is 5.71. The summed E-state index contributed by atoms with van der Waals surface area (Å²) in [6.45, 7) is 5.08. The predicted octanol–water partition coefficient (Wildman–Crippen LogP) is 3.33. The molecule has 1 aromatic carbocycles. The van der Waals surface area contributed by atoms with Crippen LogP contribution in [0.25, 0.3) is 0 Å². The van der Waals surface area contributed by atoms with Gasteiger partial charge in [0.25, 0.3) is 0 Å². The molecule has 200 valence electrons. The van der Waals surface area contributed by atoms with Gasteiger partial charge in [0, 0.05) is 37.5 Å². The molecule has 2 aliphatic rings. The fraction of sp³-hybridized carbons (Fsp3) is 0.680. The van der Waals surface area contributed by atoms with Gasteiger partial charge in [-0.1, -0.05) is 36.2 Å².